The quantitative estimate of drug-likeness (QED) is 0.597. The third kappa shape index (κ3) is 1.46. The van der Waals surface area contributed by atoms with Crippen LogP contribution in [0.15, 0.2) is 11.1 Å². The summed E-state index contributed by atoms with van der Waals surface area (Å²) in [6.07, 6.45) is 6.90. The van der Waals surface area contributed by atoms with Crippen molar-refractivity contribution in [2.75, 3.05) is 6.54 Å². The van der Waals surface area contributed by atoms with Crippen LogP contribution in [0.2, 0.25) is 0 Å². The summed E-state index contributed by atoms with van der Waals surface area (Å²) in [5, 5.41) is 1.14. The van der Waals surface area contributed by atoms with Crippen LogP contribution in [-0.4, -0.2) is 17.7 Å². The molecular formula is C9H10N2S. The summed E-state index contributed by atoms with van der Waals surface area (Å²) in [4.78, 5) is 9.93. The Labute approximate surface area is 75.7 Å². The smallest absolute Gasteiger partial charge is 0.0903 e. The van der Waals surface area contributed by atoms with Crippen molar-refractivity contribution in [1.29, 1.82) is 0 Å². The summed E-state index contributed by atoms with van der Waals surface area (Å²) in [5.74, 6) is 0. The third-order valence-electron chi connectivity index (χ3n) is 1.75. The maximum atomic E-state index is 4.45. The summed E-state index contributed by atoms with van der Waals surface area (Å²) in [7, 11) is 0. The molecule has 2 heterocycles. The molecule has 1 aromatic rings. The molecule has 12 heavy (non-hydrogen) atoms. The van der Waals surface area contributed by atoms with Gasteiger partial charge in [0.15, 0.2) is 0 Å². The summed E-state index contributed by atoms with van der Waals surface area (Å²) in [6.45, 7) is 2.91. The number of aromatic nitrogens is 1. The molecular weight excluding hydrogens is 168 g/mol. The van der Waals surface area contributed by atoms with E-state index in [0.29, 0.717) is 0 Å². The Bertz CT molecular complexity index is 336. The molecule has 0 radical (unpaired) electrons. The first-order valence-corrected chi connectivity index (χ1v) is 4.81. The van der Waals surface area contributed by atoms with Gasteiger partial charge in [-0.25, -0.2) is 4.98 Å². The van der Waals surface area contributed by atoms with Crippen LogP contribution in [0.1, 0.15) is 15.6 Å². The molecule has 0 unspecified atom stereocenters. The number of hydrogen-bond donors (Lipinski definition) is 0. The predicted octanol–water partition coefficient (Wildman–Crippen LogP) is 2.09. The van der Waals surface area contributed by atoms with Crippen molar-refractivity contribution in [2.45, 2.75) is 13.3 Å². The van der Waals surface area contributed by atoms with Crippen LogP contribution in [0.3, 0.4) is 0 Å². The van der Waals surface area contributed by atoms with Gasteiger partial charge >= 0.3 is 0 Å². The SMILES string of the molecule is Cc1nc2c(s1)/C=C\C=N/CC2. The number of allylic oxidation sites excluding steroid dienone is 1. The van der Waals surface area contributed by atoms with Crippen molar-refractivity contribution in [1.82, 2.24) is 4.98 Å². The fraction of sp³-hybridized carbons (Fsp3) is 0.333. The zero-order chi connectivity index (χ0) is 8.39. The van der Waals surface area contributed by atoms with E-state index in [1.54, 1.807) is 11.3 Å². The Morgan fingerprint density at radius 1 is 1.50 bits per heavy atom. The molecule has 2 rings (SSSR count). The molecule has 1 aliphatic rings. The molecule has 0 atom stereocenters. The van der Waals surface area contributed by atoms with Crippen molar-refractivity contribution in [2.24, 2.45) is 4.99 Å². The van der Waals surface area contributed by atoms with Crippen LogP contribution >= 0.6 is 11.3 Å². The second-order valence-corrected chi connectivity index (χ2v) is 3.94. The average Bonchev–Trinajstić information content (AvgIpc) is 2.32. The minimum absolute atomic E-state index is 0.862. The Kier molecular flexibility index (Phi) is 2.04. The van der Waals surface area contributed by atoms with Crippen molar-refractivity contribution in [3.8, 4) is 0 Å². The highest BCUT2D eigenvalue weighted by Crippen LogP contribution is 2.20. The fourth-order valence-electron chi connectivity index (χ4n) is 1.23. The number of aliphatic imine (C=N–C) groups is 1. The lowest BCUT2D eigenvalue weighted by atomic mass is 10.2. The molecule has 3 heteroatoms. The van der Waals surface area contributed by atoms with Gasteiger partial charge in [0.1, 0.15) is 0 Å². The molecule has 62 valence electrons. The van der Waals surface area contributed by atoms with E-state index in [9.17, 15) is 0 Å². The van der Waals surface area contributed by atoms with Gasteiger partial charge in [0.05, 0.1) is 15.6 Å². The summed E-state index contributed by atoms with van der Waals surface area (Å²) in [5.41, 5.74) is 1.20. The number of thiazole rings is 1. The highest BCUT2D eigenvalue weighted by molar-refractivity contribution is 7.12. The Morgan fingerprint density at radius 3 is 3.33 bits per heavy atom. The normalized spacial score (nSPS) is 20.8. The van der Waals surface area contributed by atoms with Crippen LogP contribution in [0.5, 0.6) is 0 Å². The van der Waals surface area contributed by atoms with E-state index < -0.39 is 0 Å². The second-order valence-electron chi connectivity index (χ2n) is 2.71. The first-order chi connectivity index (χ1) is 5.86. The molecule has 1 aliphatic heterocycles. The lowest BCUT2D eigenvalue weighted by Gasteiger charge is -1.96. The molecule has 0 bridgehead atoms. The summed E-state index contributed by atoms with van der Waals surface area (Å²) < 4.78 is 0. The van der Waals surface area contributed by atoms with Gasteiger partial charge in [0.2, 0.25) is 0 Å². The van der Waals surface area contributed by atoms with Gasteiger partial charge in [0.25, 0.3) is 0 Å². The van der Waals surface area contributed by atoms with E-state index in [0.717, 1.165) is 18.0 Å². The first kappa shape index (κ1) is 7.68. The number of fused-ring (bicyclic) bond motifs is 1. The number of nitrogens with zero attached hydrogens (tertiary/aromatic N) is 2. The van der Waals surface area contributed by atoms with Gasteiger partial charge in [0, 0.05) is 19.2 Å². The molecule has 0 N–H and O–H groups in total. The van der Waals surface area contributed by atoms with E-state index in [4.69, 9.17) is 0 Å². The molecule has 0 fully saturated rings. The topological polar surface area (TPSA) is 25.2 Å². The molecule has 1 aromatic heterocycles. The van der Waals surface area contributed by atoms with Crippen LogP contribution < -0.4 is 0 Å². The molecule has 0 aromatic carbocycles. The number of rotatable bonds is 0. The monoisotopic (exact) mass is 178 g/mol. The lowest BCUT2D eigenvalue weighted by Crippen LogP contribution is -1.94. The third-order valence-corrected chi connectivity index (χ3v) is 2.73. The van der Waals surface area contributed by atoms with Gasteiger partial charge in [-0.15, -0.1) is 11.3 Å². The zero-order valence-electron chi connectivity index (χ0n) is 6.95. The average molecular weight is 178 g/mol. The van der Waals surface area contributed by atoms with Crippen LogP contribution in [0, 0.1) is 6.92 Å². The highest BCUT2D eigenvalue weighted by atomic mass is 32.1. The summed E-state index contributed by atoms with van der Waals surface area (Å²) >= 11 is 1.75. The maximum Gasteiger partial charge on any atom is 0.0903 e. The summed E-state index contributed by atoms with van der Waals surface area (Å²) in [6, 6.07) is 0. The Balaban J connectivity index is 2.42. The minimum atomic E-state index is 0.862. The lowest BCUT2D eigenvalue weighted by molar-refractivity contribution is 0.929. The molecule has 0 spiro atoms. The van der Waals surface area contributed by atoms with Crippen molar-refractivity contribution < 1.29 is 0 Å². The maximum absolute atomic E-state index is 4.45. The number of hydrogen-bond acceptors (Lipinski definition) is 3. The fourth-order valence-corrected chi connectivity index (χ4v) is 2.12. The van der Waals surface area contributed by atoms with E-state index in [2.05, 4.69) is 16.1 Å². The van der Waals surface area contributed by atoms with E-state index >= 15 is 0 Å². The van der Waals surface area contributed by atoms with Crippen LogP contribution in [0.25, 0.3) is 6.08 Å². The van der Waals surface area contributed by atoms with E-state index in [1.807, 2.05) is 19.2 Å². The van der Waals surface area contributed by atoms with Crippen LogP contribution in [-0.2, 0) is 6.42 Å². The molecule has 0 saturated carbocycles. The van der Waals surface area contributed by atoms with Gasteiger partial charge in [-0.1, -0.05) is 0 Å². The largest absolute Gasteiger partial charge is 0.293 e. The standard InChI is InChI=1S/C9H10N2S/c1-7-11-8-4-6-10-5-2-3-9(8)12-7/h2-3,5H,4,6H2,1H3/b3-2-,10-5-. The van der Waals surface area contributed by atoms with Crippen LogP contribution in [0.4, 0.5) is 0 Å². The molecule has 0 saturated heterocycles. The molecule has 0 amide bonds. The van der Waals surface area contributed by atoms with Gasteiger partial charge in [-0.3, -0.25) is 4.99 Å². The zero-order valence-corrected chi connectivity index (χ0v) is 7.77. The van der Waals surface area contributed by atoms with Gasteiger partial charge in [-0.05, 0) is 19.1 Å². The Hall–Kier alpha value is -0.960. The predicted molar refractivity (Wildman–Crippen MR) is 52.9 cm³/mol. The van der Waals surface area contributed by atoms with Crippen molar-refractivity contribution in [3.63, 3.8) is 0 Å². The van der Waals surface area contributed by atoms with Gasteiger partial charge in [-0.2, -0.15) is 0 Å². The van der Waals surface area contributed by atoms with Gasteiger partial charge < -0.3 is 0 Å². The Morgan fingerprint density at radius 2 is 2.42 bits per heavy atom. The highest BCUT2D eigenvalue weighted by Gasteiger charge is 2.05. The molecule has 0 aliphatic carbocycles. The minimum Gasteiger partial charge on any atom is -0.293 e. The van der Waals surface area contributed by atoms with Crippen molar-refractivity contribution >= 4 is 23.6 Å². The number of aryl methyl sites for hydroxylation is 1. The van der Waals surface area contributed by atoms with E-state index in [-0.39, 0.29) is 0 Å². The second kappa shape index (κ2) is 3.19. The first-order valence-electron chi connectivity index (χ1n) is 3.99. The van der Waals surface area contributed by atoms with Crippen molar-refractivity contribution in [3.05, 3.63) is 21.7 Å². The molecule has 2 nitrogen and oxygen atoms in total. The van der Waals surface area contributed by atoms with E-state index in [1.165, 1.54) is 10.6 Å².